The van der Waals surface area contributed by atoms with E-state index in [0.29, 0.717) is 5.41 Å². The van der Waals surface area contributed by atoms with Gasteiger partial charge in [-0.3, -0.25) is 0 Å². The van der Waals surface area contributed by atoms with Crippen molar-refractivity contribution in [2.24, 2.45) is 11.3 Å². The highest BCUT2D eigenvalue weighted by Gasteiger charge is 2.33. The standard InChI is InChI=1S/C10H19.BrH.Mg/c1-10(2,3)9-7-5-4-6-8-9;;/h7,9H,4-6,8H2,1-3H3;1H;/q;;+1/p-1. The van der Waals surface area contributed by atoms with E-state index in [9.17, 15) is 0 Å². The molecule has 2 unspecified atom stereocenters. The highest BCUT2D eigenvalue weighted by molar-refractivity contribution is 9.23. The summed E-state index contributed by atoms with van der Waals surface area (Å²) in [5.74, 6) is 0.997. The van der Waals surface area contributed by atoms with Gasteiger partial charge in [-0.2, -0.15) is 0 Å². The van der Waals surface area contributed by atoms with Crippen LogP contribution in [0.5, 0.6) is 0 Å². The third-order valence-electron chi connectivity index (χ3n) is 3.22. The van der Waals surface area contributed by atoms with Crippen LogP contribution in [0.4, 0.5) is 0 Å². The number of hydrogen-bond acceptors (Lipinski definition) is 0. The molecule has 0 aromatic heterocycles. The molecule has 0 aliphatic heterocycles. The van der Waals surface area contributed by atoms with E-state index in [2.05, 4.69) is 33.7 Å². The molecule has 12 heavy (non-hydrogen) atoms. The molecule has 0 radical (unpaired) electrons. The second-order valence-electron chi connectivity index (χ2n) is 5.17. The van der Waals surface area contributed by atoms with E-state index >= 15 is 0 Å². The summed E-state index contributed by atoms with van der Waals surface area (Å²) in [6, 6.07) is 0. The molecule has 0 aromatic rings. The zero-order valence-electron chi connectivity index (χ0n) is 8.57. The van der Waals surface area contributed by atoms with Crippen molar-refractivity contribution in [3.05, 3.63) is 0 Å². The van der Waals surface area contributed by atoms with Crippen LogP contribution in [0.2, 0.25) is 4.05 Å². The minimum absolute atomic E-state index is 0.0535. The molecular formula is C10H19BrMg. The summed E-state index contributed by atoms with van der Waals surface area (Å²) in [5.41, 5.74) is 0.547. The molecule has 0 saturated heterocycles. The SMILES string of the molecule is CC(C)(C)C1CCCC[CH]1[Mg][Br]. The second-order valence-corrected chi connectivity index (χ2v) is 8.47. The van der Waals surface area contributed by atoms with Crippen LogP contribution in [0.1, 0.15) is 46.5 Å². The molecule has 2 heteroatoms. The van der Waals surface area contributed by atoms with E-state index < -0.39 is 0 Å². The Bertz CT molecular complexity index is 139. The van der Waals surface area contributed by atoms with E-state index in [4.69, 9.17) is 0 Å². The van der Waals surface area contributed by atoms with Gasteiger partial charge in [0.1, 0.15) is 0 Å². The molecule has 0 amide bonds. The predicted molar refractivity (Wildman–Crippen MR) is 59.8 cm³/mol. The summed E-state index contributed by atoms with van der Waals surface area (Å²) < 4.78 is 1.07. The van der Waals surface area contributed by atoms with Crippen LogP contribution in [0.3, 0.4) is 0 Å². The van der Waals surface area contributed by atoms with Crippen molar-refractivity contribution in [2.45, 2.75) is 50.5 Å². The fourth-order valence-corrected chi connectivity index (χ4v) is 6.46. The van der Waals surface area contributed by atoms with Gasteiger partial charge < -0.3 is 12.9 Å². The summed E-state index contributed by atoms with van der Waals surface area (Å²) in [5, 5.41) is 0. The molecule has 1 aliphatic carbocycles. The summed E-state index contributed by atoms with van der Waals surface area (Å²) in [6.07, 6.45) is 5.93. The molecule has 2 atom stereocenters. The zero-order valence-corrected chi connectivity index (χ0v) is 11.6. The van der Waals surface area contributed by atoms with Gasteiger partial charge in [0.25, 0.3) is 0 Å². The molecule has 1 fully saturated rings. The van der Waals surface area contributed by atoms with Crippen LogP contribution >= 0.6 is 12.9 Å². The Labute approximate surface area is 92.5 Å². The first kappa shape index (κ1) is 11.3. The second kappa shape index (κ2) is 4.65. The first-order chi connectivity index (χ1) is 5.55. The normalized spacial score (nSPS) is 31.3. The molecule has 0 heterocycles. The molecule has 68 valence electrons. The molecule has 0 nitrogen and oxygen atoms in total. The fraction of sp³-hybridized carbons (Fsp3) is 1.00. The summed E-state index contributed by atoms with van der Waals surface area (Å²) in [4.78, 5) is 0. The molecule has 0 spiro atoms. The quantitative estimate of drug-likeness (QED) is 0.610. The Kier molecular flexibility index (Phi) is 4.39. The summed E-state index contributed by atoms with van der Waals surface area (Å²) in [7, 11) is 0. The minimum Gasteiger partial charge on any atom is -0.306 e. The van der Waals surface area contributed by atoms with E-state index in [-0.39, 0.29) is 18.2 Å². The smallest absolute Gasteiger partial charge is 0.306 e. The van der Waals surface area contributed by atoms with E-state index in [1.54, 1.807) is 0 Å². The average molecular weight is 243 g/mol. The number of halogens is 1. The van der Waals surface area contributed by atoms with Crippen molar-refractivity contribution in [1.82, 2.24) is 0 Å². The number of hydrogen-bond donors (Lipinski definition) is 0. The monoisotopic (exact) mass is 242 g/mol. The van der Waals surface area contributed by atoms with Gasteiger partial charge in [-0.1, -0.05) is 52.4 Å². The van der Waals surface area contributed by atoms with Crippen molar-refractivity contribution in [3.63, 3.8) is 0 Å². The van der Waals surface area contributed by atoms with Crippen LogP contribution in [-0.2, 0) is 0 Å². The van der Waals surface area contributed by atoms with Crippen LogP contribution in [0.25, 0.3) is 0 Å². The van der Waals surface area contributed by atoms with E-state index in [1.165, 1.54) is 25.7 Å². The third kappa shape index (κ3) is 2.88. The Morgan fingerprint density at radius 1 is 1.17 bits per heavy atom. The molecule has 0 aromatic carbocycles. The summed E-state index contributed by atoms with van der Waals surface area (Å²) in [6.45, 7) is 7.23. The largest absolute Gasteiger partial charge is 0.472 e. The maximum atomic E-state index is 3.78. The topological polar surface area (TPSA) is 0 Å². The highest BCUT2D eigenvalue weighted by atomic mass is 79.9. The van der Waals surface area contributed by atoms with Crippen molar-refractivity contribution < 1.29 is 0 Å². The molecule has 0 bridgehead atoms. The Balaban J connectivity index is 2.59. The Morgan fingerprint density at radius 3 is 2.17 bits per heavy atom. The first-order valence-corrected chi connectivity index (χ1v) is 9.83. The van der Waals surface area contributed by atoms with E-state index in [0.717, 1.165) is 9.97 Å². The van der Waals surface area contributed by atoms with Crippen LogP contribution < -0.4 is 0 Å². The molecule has 1 saturated carbocycles. The van der Waals surface area contributed by atoms with Gasteiger partial charge in [-0.15, -0.1) is 4.05 Å². The van der Waals surface area contributed by atoms with Crippen LogP contribution in [-0.4, -0.2) is 18.2 Å². The minimum atomic E-state index is 0.0535. The van der Waals surface area contributed by atoms with Gasteiger partial charge in [0.15, 0.2) is 0 Å². The van der Waals surface area contributed by atoms with Gasteiger partial charge in [0.05, 0.1) is 0 Å². The lowest BCUT2D eigenvalue weighted by Crippen LogP contribution is -2.29. The molecular weight excluding hydrogens is 224 g/mol. The third-order valence-corrected chi connectivity index (χ3v) is 7.09. The van der Waals surface area contributed by atoms with E-state index in [1.807, 2.05) is 0 Å². The maximum Gasteiger partial charge on any atom is 0.472 e. The lowest BCUT2D eigenvalue weighted by molar-refractivity contribution is 0.180. The van der Waals surface area contributed by atoms with Crippen molar-refractivity contribution in [3.8, 4) is 0 Å². The van der Waals surface area contributed by atoms with Crippen molar-refractivity contribution in [1.29, 1.82) is 0 Å². The fourth-order valence-electron chi connectivity index (χ4n) is 2.53. The first-order valence-electron chi connectivity index (χ1n) is 5.11. The average Bonchev–Trinajstić information content (AvgIpc) is 2.03. The van der Waals surface area contributed by atoms with Gasteiger partial charge in [-0.25, -0.2) is 0 Å². The maximum absolute atomic E-state index is 3.78. The van der Waals surface area contributed by atoms with Crippen molar-refractivity contribution in [2.75, 3.05) is 0 Å². The highest BCUT2D eigenvalue weighted by Crippen LogP contribution is 2.45. The molecule has 1 aliphatic rings. The van der Waals surface area contributed by atoms with Crippen LogP contribution in [0.15, 0.2) is 0 Å². The predicted octanol–water partition coefficient (Wildman–Crippen LogP) is 4.03. The Hall–Kier alpha value is 1.25. The zero-order chi connectivity index (χ0) is 9.19. The number of rotatable bonds is 1. The lowest BCUT2D eigenvalue weighted by Gasteiger charge is -2.40. The lowest BCUT2D eigenvalue weighted by atomic mass is 9.72. The molecule has 0 N–H and O–H groups in total. The van der Waals surface area contributed by atoms with Crippen LogP contribution in [0, 0.1) is 11.3 Å². The van der Waals surface area contributed by atoms with Crippen molar-refractivity contribution >= 4 is 31.1 Å². The molecule has 1 rings (SSSR count). The van der Waals surface area contributed by atoms with Gasteiger partial charge in [0, 0.05) is 0 Å². The summed E-state index contributed by atoms with van der Waals surface area (Å²) >= 11 is 3.84. The van der Waals surface area contributed by atoms with Gasteiger partial charge >= 0.3 is 18.2 Å². The van der Waals surface area contributed by atoms with Gasteiger partial charge in [0.2, 0.25) is 0 Å². The Morgan fingerprint density at radius 2 is 1.75 bits per heavy atom. The van der Waals surface area contributed by atoms with Gasteiger partial charge in [-0.05, 0) is 5.41 Å².